The fourth-order valence-electron chi connectivity index (χ4n) is 1.52. The smallest absolute Gasteiger partial charge is 0.328 e. The number of nitriles is 1. The second-order valence-electron chi connectivity index (χ2n) is 3.57. The van der Waals surface area contributed by atoms with E-state index in [-0.39, 0.29) is 12.2 Å². The highest BCUT2D eigenvalue weighted by Crippen LogP contribution is 2.30. The topological polar surface area (TPSA) is 136 Å². The van der Waals surface area contributed by atoms with Crippen molar-refractivity contribution < 1.29 is 19.4 Å². The molecule has 1 atom stereocenters. The number of nitro groups is 2. The van der Waals surface area contributed by atoms with E-state index in [4.69, 9.17) is 5.26 Å². The van der Waals surface area contributed by atoms with Gasteiger partial charge in [-0.2, -0.15) is 5.26 Å². The highest BCUT2D eigenvalue weighted by atomic mass is 16.6. The van der Waals surface area contributed by atoms with Crippen molar-refractivity contribution in [1.82, 2.24) is 0 Å². The van der Waals surface area contributed by atoms with E-state index in [9.17, 15) is 25.0 Å². The first-order valence-corrected chi connectivity index (χ1v) is 5.41. The highest BCUT2D eigenvalue weighted by molar-refractivity contribution is 5.83. The zero-order valence-electron chi connectivity index (χ0n) is 10.3. The van der Waals surface area contributed by atoms with Gasteiger partial charge in [0.25, 0.3) is 11.4 Å². The molecule has 0 radical (unpaired) electrons. The number of benzene rings is 1. The van der Waals surface area contributed by atoms with Crippen molar-refractivity contribution in [2.75, 3.05) is 6.61 Å². The number of esters is 1. The first-order valence-electron chi connectivity index (χ1n) is 5.41. The van der Waals surface area contributed by atoms with Crippen molar-refractivity contribution in [3.8, 4) is 6.07 Å². The predicted molar refractivity (Wildman–Crippen MR) is 64.7 cm³/mol. The maximum Gasteiger partial charge on any atom is 0.328 e. The second-order valence-corrected chi connectivity index (χ2v) is 3.57. The molecule has 0 aliphatic rings. The molecule has 0 heterocycles. The highest BCUT2D eigenvalue weighted by Gasteiger charge is 2.31. The number of nitro benzene ring substituents is 2. The lowest BCUT2D eigenvalue weighted by Gasteiger charge is -2.08. The van der Waals surface area contributed by atoms with Crippen molar-refractivity contribution in [3.63, 3.8) is 0 Å². The molecule has 0 saturated carbocycles. The fraction of sp³-hybridized carbons (Fsp3) is 0.273. The SMILES string of the molecule is CCOC(=O)[C@H](C#N)c1ccc([N+](=O)[O-])cc1[N+](=O)[O-]. The molecule has 104 valence electrons. The summed E-state index contributed by atoms with van der Waals surface area (Å²) in [6.45, 7) is 1.54. The van der Waals surface area contributed by atoms with Gasteiger partial charge in [0, 0.05) is 6.07 Å². The van der Waals surface area contributed by atoms with Gasteiger partial charge in [-0.1, -0.05) is 0 Å². The Balaban J connectivity index is 3.36. The van der Waals surface area contributed by atoms with Crippen LogP contribution in [0.4, 0.5) is 11.4 Å². The minimum absolute atomic E-state index is 0.0117. The van der Waals surface area contributed by atoms with Crippen LogP contribution in [0.25, 0.3) is 0 Å². The van der Waals surface area contributed by atoms with E-state index >= 15 is 0 Å². The summed E-state index contributed by atoms with van der Waals surface area (Å²) in [5.41, 5.74) is -1.40. The molecule has 0 spiro atoms. The molecule has 0 aromatic heterocycles. The lowest BCUT2D eigenvalue weighted by Crippen LogP contribution is -2.15. The third-order valence-corrected chi connectivity index (χ3v) is 2.38. The van der Waals surface area contributed by atoms with Gasteiger partial charge in [0.1, 0.15) is 0 Å². The molecule has 0 aliphatic carbocycles. The number of hydrogen-bond donors (Lipinski definition) is 0. The van der Waals surface area contributed by atoms with Crippen LogP contribution in [0, 0.1) is 31.6 Å². The number of carbonyl (C=O) groups is 1. The number of ether oxygens (including phenoxy) is 1. The second kappa shape index (κ2) is 6.24. The summed E-state index contributed by atoms with van der Waals surface area (Å²) in [6, 6.07) is 4.31. The monoisotopic (exact) mass is 279 g/mol. The minimum atomic E-state index is -1.50. The van der Waals surface area contributed by atoms with Crippen LogP contribution in [0.2, 0.25) is 0 Å². The lowest BCUT2D eigenvalue weighted by atomic mass is 9.98. The molecule has 9 heteroatoms. The van der Waals surface area contributed by atoms with Crippen LogP contribution in [0.15, 0.2) is 18.2 Å². The van der Waals surface area contributed by atoms with Crippen molar-refractivity contribution in [3.05, 3.63) is 44.0 Å². The number of hydrogen-bond acceptors (Lipinski definition) is 7. The van der Waals surface area contributed by atoms with E-state index in [1.165, 1.54) is 6.92 Å². The summed E-state index contributed by atoms with van der Waals surface area (Å²) in [4.78, 5) is 31.4. The zero-order valence-corrected chi connectivity index (χ0v) is 10.3. The molecular weight excluding hydrogens is 270 g/mol. The van der Waals surface area contributed by atoms with Crippen LogP contribution in [-0.4, -0.2) is 22.4 Å². The van der Waals surface area contributed by atoms with Crippen molar-refractivity contribution in [2.45, 2.75) is 12.8 Å². The average molecular weight is 279 g/mol. The maximum absolute atomic E-state index is 11.6. The van der Waals surface area contributed by atoms with E-state index < -0.39 is 33.1 Å². The van der Waals surface area contributed by atoms with Gasteiger partial charge in [-0.05, 0) is 13.0 Å². The van der Waals surface area contributed by atoms with Crippen LogP contribution in [0.3, 0.4) is 0 Å². The summed E-state index contributed by atoms with van der Waals surface area (Å²) in [5.74, 6) is -2.44. The third kappa shape index (κ3) is 3.05. The van der Waals surface area contributed by atoms with E-state index in [0.29, 0.717) is 6.07 Å². The Morgan fingerprint density at radius 1 is 1.40 bits per heavy atom. The van der Waals surface area contributed by atoms with Crippen molar-refractivity contribution in [1.29, 1.82) is 5.26 Å². The van der Waals surface area contributed by atoms with Crippen LogP contribution in [0.1, 0.15) is 18.4 Å². The zero-order chi connectivity index (χ0) is 15.3. The number of carbonyl (C=O) groups excluding carboxylic acids is 1. The van der Waals surface area contributed by atoms with E-state index in [1.807, 2.05) is 0 Å². The van der Waals surface area contributed by atoms with Crippen molar-refractivity contribution in [2.24, 2.45) is 0 Å². The molecule has 0 fully saturated rings. The van der Waals surface area contributed by atoms with Gasteiger partial charge in [0.05, 0.1) is 34.2 Å². The molecule has 0 bridgehead atoms. The molecule has 0 unspecified atom stereocenters. The Bertz CT molecular complexity index is 607. The Morgan fingerprint density at radius 3 is 2.50 bits per heavy atom. The van der Waals surface area contributed by atoms with Gasteiger partial charge >= 0.3 is 5.97 Å². The van der Waals surface area contributed by atoms with Gasteiger partial charge in [0.2, 0.25) is 0 Å². The Labute approximate surface area is 112 Å². The molecule has 1 aromatic rings. The van der Waals surface area contributed by atoms with Gasteiger partial charge in [-0.25, -0.2) is 0 Å². The molecule has 9 nitrogen and oxygen atoms in total. The van der Waals surface area contributed by atoms with Gasteiger partial charge in [0.15, 0.2) is 5.92 Å². The van der Waals surface area contributed by atoms with Gasteiger partial charge in [-0.3, -0.25) is 25.0 Å². The molecular formula is C11H9N3O6. The Hall–Kier alpha value is -3.02. The molecule has 0 amide bonds. The normalized spacial score (nSPS) is 11.2. The Kier molecular flexibility index (Phi) is 4.69. The number of nitrogens with zero attached hydrogens (tertiary/aromatic N) is 3. The third-order valence-electron chi connectivity index (χ3n) is 2.38. The standard InChI is InChI=1S/C11H9N3O6/c1-2-20-11(15)9(6-12)8-4-3-7(13(16)17)5-10(8)14(18)19/h3-5,9H,2H2,1H3/t9-/m1/s1. The Morgan fingerprint density at radius 2 is 2.05 bits per heavy atom. The largest absolute Gasteiger partial charge is 0.465 e. The van der Waals surface area contributed by atoms with Gasteiger partial charge < -0.3 is 4.74 Å². The molecule has 1 rings (SSSR count). The van der Waals surface area contributed by atoms with Crippen LogP contribution in [-0.2, 0) is 9.53 Å². The van der Waals surface area contributed by atoms with E-state index in [2.05, 4.69) is 4.74 Å². The number of rotatable bonds is 5. The maximum atomic E-state index is 11.6. The van der Waals surface area contributed by atoms with Gasteiger partial charge in [-0.15, -0.1) is 0 Å². The summed E-state index contributed by atoms with van der Waals surface area (Å²) < 4.78 is 4.64. The quantitative estimate of drug-likeness (QED) is 0.454. The fourth-order valence-corrected chi connectivity index (χ4v) is 1.52. The molecule has 0 saturated heterocycles. The average Bonchev–Trinajstić information content (AvgIpc) is 2.39. The van der Waals surface area contributed by atoms with Crippen LogP contribution in [0.5, 0.6) is 0 Å². The first kappa shape index (κ1) is 15.0. The lowest BCUT2D eigenvalue weighted by molar-refractivity contribution is -0.394. The van der Waals surface area contributed by atoms with Crippen LogP contribution >= 0.6 is 0 Å². The number of non-ortho nitro benzene ring substituents is 1. The molecule has 0 N–H and O–H groups in total. The first-order chi connectivity index (χ1) is 9.42. The van der Waals surface area contributed by atoms with E-state index in [0.717, 1.165) is 12.1 Å². The van der Waals surface area contributed by atoms with Crippen LogP contribution < -0.4 is 0 Å². The molecule has 1 aromatic carbocycles. The summed E-state index contributed by atoms with van der Waals surface area (Å²) in [5, 5.41) is 30.5. The minimum Gasteiger partial charge on any atom is -0.465 e. The molecule has 20 heavy (non-hydrogen) atoms. The summed E-state index contributed by atoms with van der Waals surface area (Å²) >= 11 is 0. The summed E-state index contributed by atoms with van der Waals surface area (Å²) in [7, 11) is 0. The predicted octanol–water partition coefficient (Wildman–Crippen LogP) is 1.67. The van der Waals surface area contributed by atoms with Crippen molar-refractivity contribution >= 4 is 17.3 Å². The molecule has 0 aliphatic heterocycles. The summed E-state index contributed by atoms with van der Waals surface area (Å²) in [6.07, 6.45) is 0. The van der Waals surface area contributed by atoms with E-state index in [1.54, 1.807) is 6.07 Å².